The van der Waals surface area contributed by atoms with Gasteiger partial charge in [0.2, 0.25) is 0 Å². The number of hydrogen-bond acceptors (Lipinski definition) is 2. The molecule has 0 saturated carbocycles. The van der Waals surface area contributed by atoms with E-state index in [0.717, 1.165) is 45.3 Å². The minimum absolute atomic E-state index is 1.05. The van der Waals surface area contributed by atoms with E-state index in [9.17, 15) is 0 Å². The number of fused-ring (bicyclic) bond motifs is 4. The molecule has 414 valence electrons. The molecule has 2 nitrogen and oxygen atoms in total. The third-order valence-electron chi connectivity index (χ3n) is 17.1. The van der Waals surface area contributed by atoms with Gasteiger partial charge in [-0.2, -0.15) is 0 Å². The van der Waals surface area contributed by atoms with Crippen molar-refractivity contribution in [2.24, 2.45) is 0 Å². The first-order valence-corrected chi connectivity index (χ1v) is 30.2. The van der Waals surface area contributed by atoms with E-state index >= 15 is 0 Å². The minimum atomic E-state index is 1.05. The second-order valence-corrected chi connectivity index (χ2v) is 22.3. The summed E-state index contributed by atoms with van der Waals surface area (Å²) in [6, 6.07) is 127. The van der Waals surface area contributed by atoms with Crippen LogP contribution in [0.1, 0.15) is 33.4 Å². The molecule has 0 aliphatic rings. The van der Waals surface area contributed by atoms with E-state index in [1.807, 2.05) is 0 Å². The first-order valence-electron chi connectivity index (χ1n) is 30.2. The standard InChI is InChI=1S/C86H60N2/c1-7-27-61(28-8-1)81(62-29-9-2-10-30-62)59-83-73-39-19-23-43-77(73)85(78-44-24-20-40-74(78)83)65-47-51-69(52-48-65)88(72-57-55-71(56-58-72)87(67-35-15-5-16-36-67)68-37-17-6-18-38-68)70-53-49-66(50-54-70)86-79-45-25-21-41-75(79)84(76-42-22-26-46-80(76)86)60-82(63-31-11-3-12-32-63)64-33-13-4-14-34-64/h1-60H. The molecular weight excluding hydrogens is 1060 g/mol. The van der Waals surface area contributed by atoms with E-state index in [-0.39, 0.29) is 0 Å². The van der Waals surface area contributed by atoms with Gasteiger partial charge in [-0.15, -0.1) is 0 Å². The first kappa shape index (κ1) is 53.2. The van der Waals surface area contributed by atoms with Gasteiger partial charge in [0.1, 0.15) is 0 Å². The lowest BCUT2D eigenvalue weighted by atomic mass is 9.86. The highest BCUT2D eigenvalue weighted by Gasteiger charge is 2.21. The van der Waals surface area contributed by atoms with Crippen LogP contribution < -0.4 is 9.80 Å². The smallest absolute Gasteiger partial charge is 0.0463 e. The van der Waals surface area contributed by atoms with E-state index < -0.39 is 0 Å². The molecule has 0 atom stereocenters. The van der Waals surface area contributed by atoms with Gasteiger partial charge in [-0.1, -0.05) is 279 Å². The maximum absolute atomic E-state index is 2.40. The van der Waals surface area contributed by atoms with Crippen LogP contribution >= 0.6 is 0 Å². The average Bonchev–Trinajstić information content (AvgIpc) is 1.16. The number of rotatable bonds is 14. The zero-order valence-corrected chi connectivity index (χ0v) is 48.5. The molecule has 0 N–H and O–H groups in total. The predicted octanol–water partition coefficient (Wildman–Crippen LogP) is 23.8. The van der Waals surface area contributed by atoms with Gasteiger partial charge >= 0.3 is 0 Å². The van der Waals surface area contributed by atoms with Crippen LogP contribution in [0.2, 0.25) is 0 Å². The Kier molecular flexibility index (Phi) is 14.4. The van der Waals surface area contributed by atoms with Crippen molar-refractivity contribution in [3.05, 3.63) is 385 Å². The highest BCUT2D eigenvalue weighted by molar-refractivity contribution is 6.21. The molecular formula is C86H60N2. The Morgan fingerprint density at radius 2 is 0.375 bits per heavy atom. The summed E-state index contributed by atoms with van der Waals surface area (Å²) in [5.41, 5.74) is 20.7. The van der Waals surface area contributed by atoms with E-state index in [2.05, 4.69) is 374 Å². The lowest BCUT2D eigenvalue weighted by molar-refractivity contribution is 1.26. The van der Waals surface area contributed by atoms with Crippen molar-refractivity contribution >= 4 is 101 Å². The summed E-state index contributed by atoms with van der Waals surface area (Å²) in [5.74, 6) is 0. The summed E-state index contributed by atoms with van der Waals surface area (Å²) in [6.45, 7) is 0. The van der Waals surface area contributed by atoms with Gasteiger partial charge in [0, 0.05) is 34.1 Å². The third kappa shape index (κ3) is 10.2. The van der Waals surface area contributed by atoms with Gasteiger partial charge < -0.3 is 9.80 Å². The molecule has 0 unspecified atom stereocenters. The number of nitrogens with zero attached hydrogens (tertiary/aromatic N) is 2. The molecule has 0 fully saturated rings. The van der Waals surface area contributed by atoms with Crippen LogP contribution in [0.15, 0.2) is 352 Å². The molecule has 0 aliphatic heterocycles. The van der Waals surface area contributed by atoms with Crippen LogP contribution in [0.4, 0.5) is 34.1 Å². The van der Waals surface area contributed by atoms with Gasteiger partial charge in [0.15, 0.2) is 0 Å². The zero-order chi connectivity index (χ0) is 58.6. The second-order valence-electron chi connectivity index (χ2n) is 22.3. The molecule has 15 aromatic carbocycles. The van der Waals surface area contributed by atoms with Crippen LogP contribution in [-0.4, -0.2) is 0 Å². The largest absolute Gasteiger partial charge is 0.311 e. The predicted molar refractivity (Wildman–Crippen MR) is 376 cm³/mol. The summed E-state index contributed by atoms with van der Waals surface area (Å²) >= 11 is 0. The molecule has 2 heteroatoms. The van der Waals surface area contributed by atoms with Crippen molar-refractivity contribution in [2.75, 3.05) is 9.80 Å². The Morgan fingerprint density at radius 3 is 0.625 bits per heavy atom. The van der Waals surface area contributed by atoms with Gasteiger partial charge in [-0.3, -0.25) is 0 Å². The Balaban J connectivity index is 0.868. The molecule has 0 spiro atoms. The molecule has 0 amide bonds. The Hall–Kier alpha value is -11.6. The molecule has 15 rings (SSSR count). The van der Waals surface area contributed by atoms with Crippen LogP contribution in [0.3, 0.4) is 0 Å². The number of para-hydroxylation sites is 2. The average molecular weight is 1120 g/mol. The topological polar surface area (TPSA) is 6.48 Å². The molecule has 0 aliphatic carbocycles. The highest BCUT2D eigenvalue weighted by Crippen LogP contribution is 2.46. The van der Waals surface area contributed by atoms with Crippen molar-refractivity contribution in [1.29, 1.82) is 0 Å². The summed E-state index contributed by atoms with van der Waals surface area (Å²) in [7, 11) is 0. The SMILES string of the molecule is C(=C(c1ccccc1)c1ccccc1)c1c2ccccc2c(-c2ccc(N(c3ccc(-c4c5ccccc5c(C=C(c5ccccc5)c5ccccc5)c5ccccc45)cc3)c3ccc(N(c4ccccc4)c4ccccc4)cc3)cc2)c2ccccc12. The number of anilines is 6. The summed E-state index contributed by atoms with van der Waals surface area (Å²) < 4.78 is 0. The second kappa shape index (κ2) is 23.8. The van der Waals surface area contributed by atoms with Crippen molar-refractivity contribution in [2.45, 2.75) is 0 Å². The molecule has 0 aromatic heterocycles. The molecule has 0 heterocycles. The van der Waals surface area contributed by atoms with Gasteiger partial charge in [-0.05, 0) is 195 Å². The van der Waals surface area contributed by atoms with Crippen LogP contribution in [0.5, 0.6) is 0 Å². The van der Waals surface area contributed by atoms with Gasteiger partial charge in [-0.25, -0.2) is 0 Å². The Morgan fingerprint density at radius 1 is 0.182 bits per heavy atom. The molecule has 88 heavy (non-hydrogen) atoms. The fourth-order valence-corrected chi connectivity index (χ4v) is 13.0. The minimum Gasteiger partial charge on any atom is -0.311 e. The maximum Gasteiger partial charge on any atom is 0.0463 e. The molecule has 0 radical (unpaired) electrons. The lowest BCUT2D eigenvalue weighted by Gasteiger charge is -2.28. The summed E-state index contributed by atoms with van der Waals surface area (Å²) in [6.07, 6.45) is 4.81. The number of benzene rings is 15. The normalized spacial score (nSPS) is 11.2. The molecule has 15 aromatic rings. The Bertz CT molecular complexity index is 4510. The fourth-order valence-electron chi connectivity index (χ4n) is 13.0. The lowest BCUT2D eigenvalue weighted by Crippen LogP contribution is -2.12. The van der Waals surface area contributed by atoms with Crippen LogP contribution in [0.25, 0.3) is 88.6 Å². The van der Waals surface area contributed by atoms with Crippen molar-refractivity contribution in [3.8, 4) is 22.3 Å². The maximum atomic E-state index is 2.40. The molecule has 0 bridgehead atoms. The molecule has 0 saturated heterocycles. The highest BCUT2D eigenvalue weighted by atomic mass is 15.2. The van der Waals surface area contributed by atoms with E-state index in [1.54, 1.807) is 0 Å². The summed E-state index contributed by atoms with van der Waals surface area (Å²) in [4.78, 5) is 4.71. The fraction of sp³-hybridized carbons (Fsp3) is 0. The van der Waals surface area contributed by atoms with Crippen molar-refractivity contribution in [1.82, 2.24) is 0 Å². The van der Waals surface area contributed by atoms with Gasteiger partial charge in [0.05, 0.1) is 0 Å². The van der Waals surface area contributed by atoms with E-state index in [4.69, 9.17) is 0 Å². The Labute approximate surface area is 514 Å². The quantitative estimate of drug-likeness (QED) is 0.0791. The van der Waals surface area contributed by atoms with Crippen molar-refractivity contribution in [3.63, 3.8) is 0 Å². The summed E-state index contributed by atoms with van der Waals surface area (Å²) in [5, 5.41) is 9.68. The number of hydrogen-bond donors (Lipinski definition) is 0. The van der Waals surface area contributed by atoms with Gasteiger partial charge in [0.25, 0.3) is 0 Å². The van der Waals surface area contributed by atoms with E-state index in [0.29, 0.717) is 0 Å². The first-order chi connectivity index (χ1) is 43.7. The zero-order valence-electron chi connectivity index (χ0n) is 48.5. The monoisotopic (exact) mass is 1120 g/mol. The third-order valence-corrected chi connectivity index (χ3v) is 17.1. The van der Waals surface area contributed by atoms with E-state index in [1.165, 1.54) is 98.7 Å². The van der Waals surface area contributed by atoms with Crippen LogP contribution in [0, 0.1) is 0 Å². The van der Waals surface area contributed by atoms with Crippen LogP contribution in [-0.2, 0) is 0 Å². The van der Waals surface area contributed by atoms with Crippen molar-refractivity contribution < 1.29 is 0 Å².